The van der Waals surface area contributed by atoms with Gasteiger partial charge in [0.15, 0.2) is 0 Å². The number of benzene rings is 1. The summed E-state index contributed by atoms with van der Waals surface area (Å²) in [6, 6.07) is 5.36. The predicted octanol–water partition coefficient (Wildman–Crippen LogP) is -1.22. The predicted molar refractivity (Wildman–Crippen MR) is 138 cm³/mol. The number of aliphatic carboxylic acids is 3. The molecule has 0 radical (unpaired) electrons. The van der Waals surface area contributed by atoms with Crippen molar-refractivity contribution in [2.75, 3.05) is 72.0 Å². The highest BCUT2D eigenvalue weighted by atomic mass is 16.6. The van der Waals surface area contributed by atoms with Crippen LogP contribution < -0.4 is 10.6 Å². The summed E-state index contributed by atoms with van der Waals surface area (Å²) in [5.41, 5.74) is 0.763. The molecule has 0 aliphatic carbocycles. The van der Waals surface area contributed by atoms with E-state index in [1.54, 1.807) is 26.8 Å². The number of amides is 1. The summed E-state index contributed by atoms with van der Waals surface area (Å²) in [4.78, 5) is 62.5. The van der Waals surface area contributed by atoms with Gasteiger partial charge in [-0.3, -0.25) is 44.0 Å². The number of nitrogens with zero attached hydrogens (tertiary/aromatic N) is 4. The molecule has 5 N–H and O–H groups in total. The summed E-state index contributed by atoms with van der Waals surface area (Å²) in [6.07, 6.45) is 0.351. The van der Waals surface area contributed by atoms with Gasteiger partial charge in [0.1, 0.15) is 0 Å². The molecule has 15 nitrogen and oxygen atoms in total. The fraction of sp³-hybridized carbons (Fsp3) is 0.583. The highest BCUT2D eigenvalue weighted by Gasteiger charge is 2.27. The molecule has 1 aromatic carbocycles. The lowest BCUT2D eigenvalue weighted by Crippen LogP contribution is -2.53. The van der Waals surface area contributed by atoms with Gasteiger partial charge in [-0.2, -0.15) is 0 Å². The summed E-state index contributed by atoms with van der Waals surface area (Å²) >= 11 is 0. The molecule has 216 valence electrons. The average Bonchev–Trinajstić information content (AvgIpc) is 2.84. The van der Waals surface area contributed by atoms with Crippen LogP contribution in [-0.4, -0.2) is 137 Å². The van der Waals surface area contributed by atoms with E-state index in [4.69, 9.17) is 0 Å². The van der Waals surface area contributed by atoms with Gasteiger partial charge >= 0.3 is 17.9 Å². The van der Waals surface area contributed by atoms with E-state index in [2.05, 4.69) is 10.6 Å². The third-order valence-corrected chi connectivity index (χ3v) is 6.26. The minimum Gasteiger partial charge on any atom is -0.480 e. The molecule has 1 unspecified atom stereocenters. The molecule has 1 aromatic rings. The van der Waals surface area contributed by atoms with Gasteiger partial charge in [-0.05, 0) is 12.0 Å². The van der Waals surface area contributed by atoms with E-state index in [1.165, 1.54) is 12.1 Å². The Labute approximate surface area is 225 Å². The van der Waals surface area contributed by atoms with Crippen molar-refractivity contribution < 1.29 is 39.4 Å². The zero-order chi connectivity index (χ0) is 28.8. The van der Waals surface area contributed by atoms with Crippen LogP contribution in [0.2, 0.25) is 0 Å². The Kier molecular flexibility index (Phi) is 13.2. The smallest absolute Gasteiger partial charge is 0.317 e. The van der Waals surface area contributed by atoms with Gasteiger partial charge in [0.2, 0.25) is 5.91 Å². The van der Waals surface area contributed by atoms with Crippen molar-refractivity contribution in [3.8, 4) is 0 Å². The lowest BCUT2D eigenvalue weighted by molar-refractivity contribution is -0.384. The maximum absolute atomic E-state index is 12.9. The van der Waals surface area contributed by atoms with Crippen molar-refractivity contribution in [1.29, 1.82) is 0 Å². The summed E-state index contributed by atoms with van der Waals surface area (Å²) in [5, 5.41) is 44.9. The topological polar surface area (TPSA) is 206 Å². The second-order valence-corrected chi connectivity index (χ2v) is 9.29. The number of nitrogens with one attached hydrogen (secondary N) is 2. The number of carboxylic acid groups (broad SMARTS) is 3. The number of carbonyl (C=O) groups is 4. The minimum atomic E-state index is -1.09. The fourth-order valence-corrected chi connectivity index (χ4v) is 4.34. The Morgan fingerprint density at radius 3 is 2.10 bits per heavy atom. The van der Waals surface area contributed by atoms with Crippen molar-refractivity contribution in [3.05, 3.63) is 39.9 Å². The zero-order valence-electron chi connectivity index (χ0n) is 21.7. The third-order valence-electron chi connectivity index (χ3n) is 6.26. The van der Waals surface area contributed by atoms with Gasteiger partial charge in [-0.1, -0.05) is 12.1 Å². The van der Waals surface area contributed by atoms with Crippen LogP contribution in [0.25, 0.3) is 0 Å². The molecule has 2 rings (SSSR count). The number of rotatable bonds is 12. The fourth-order valence-electron chi connectivity index (χ4n) is 4.34. The number of non-ortho nitro benzene ring substituents is 1. The first-order chi connectivity index (χ1) is 18.5. The first-order valence-electron chi connectivity index (χ1n) is 12.6. The van der Waals surface area contributed by atoms with Crippen LogP contribution in [0, 0.1) is 10.1 Å². The van der Waals surface area contributed by atoms with Crippen molar-refractivity contribution in [2.45, 2.75) is 18.9 Å². The quantitative estimate of drug-likeness (QED) is 0.152. The minimum absolute atomic E-state index is 0.0321. The van der Waals surface area contributed by atoms with E-state index >= 15 is 0 Å². The number of carboxylic acids is 3. The molecular weight excluding hydrogens is 516 g/mol. The molecule has 15 heteroatoms. The molecule has 0 aromatic heterocycles. The van der Waals surface area contributed by atoms with Gasteiger partial charge in [0.25, 0.3) is 5.69 Å². The van der Waals surface area contributed by atoms with E-state index in [-0.39, 0.29) is 70.4 Å². The van der Waals surface area contributed by atoms with Crippen LogP contribution in [0.5, 0.6) is 0 Å². The van der Waals surface area contributed by atoms with Gasteiger partial charge < -0.3 is 26.0 Å². The Morgan fingerprint density at radius 1 is 0.897 bits per heavy atom. The summed E-state index contributed by atoms with van der Waals surface area (Å²) in [6.45, 7) is 1.53. The Balaban J connectivity index is 2.11. The molecule has 0 bridgehead atoms. The number of hydrogen-bond donors (Lipinski definition) is 5. The molecule has 39 heavy (non-hydrogen) atoms. The molecule has 1 heterocycles. The van der Waals surface area contributed by atoms with E-state index in [9.17, 15) is 44.6 Å². The SMILES string of the molecule is O=C(O)CN1CCNCCN(CC(=O)O)C(CC(=O)NCCc2ccc([N+](=O)[O-])cc2)CN(CC(=O)O)CC1. The Bertz CT molecular complexity index is 991. The van der Waals surface area contributed by atoms with E-state index in [0.29, 0.717) is 26.1 Å². The van der Waals surface area contributed by atoms with Crippen molar-refractivity contribution >= 4 is 29.5 Å². The number of nitro benzene ring substituents is 1. The van der Waals surface area contributed by atoms with Crippen LogP contribution in [0.1, 0.15) is 12.0 Å². The monoisotopic (exact) mass is 552 g/mol. The number of carbonyl (C=O) groups excluding carboxylic acids is 1. The number of hydrogen-bond acceptors (Lipinski definition) is 10. The standard InChI is InChI=1S/C24H36N6O9/c31-21(26-6-5-18-1-3-19(4-2-18)30(38)39)13-20-14-28(16-23(34)35)12-11-27(15-22(32)33)9-7-25-8-10-29(20)17-24(36)37/h1-4,20,25H,5-17H2,(H,26,31)(H,32,33)(H,34,35)(H,36,37). The maximum Gasteiger partial charge on any atom is 0.317 e. The normalized spacial score (nSPS) is 18.4. The van der Waals surface area contributed by atoms with Gasteiger partial charge in [0.05, 0.1) is 24.6 Å². The zero-order valence-corrected chi connectivity index (χ0v) is 21.7. The lowest BCUT2D eigenvalue weighted by atomic mass is 10.1. The summed E-state index contributed by atoms with van der Waals surface area (Å²) < 4.78 is 0. The molecule has 1 saturated heterocycles. The van der Waals surface area contributed by atoms with Crippen molar-refractivity contribution in [2.24, 2.45) is 0 Å². The second kappa shape index (κ2) is 16.3. The van der Waals surface area contributed by atoms with Crippen LogP contribution in [0.15, 0.2) is 24.3 Å². The number of nitro groups is 1. The van der Waals surface area contributed by atoms with Gasteiger partial charge in [-0.15, -0.1) is 0 Å². The third kappa shape index (κ3) is 12.6. The molecular formula is C24H36N6O9. The van der Waals surface area contributed by atoms with E-state index in [0.717, 1.165) is 5.56 Å². The largest absolute Gasteiger partial charge is 0.480 e. The van der Waals surface area contributed by atoms with Crippen LogP contribution >= 0.6 is 0 Å². The average molecular weight is 553 g/mol. The highest BCUT2D eigenvalue weighted by molar-refractivity contribution is 5.77. The van der Waals surface area contributed by atoms with Crippen LogP contribution in [0.4, 0.5) is 5.69 Å². The first-order valence-corrected chi connectivity index (χ1v) is 12.6. The maximum atomic E-state index is 12.9. The van der Waals surface area contributed by atoms with E-state index < -0.39 is 28.9 Å². The van der Waals surface area contributed by atoms with Crippen molar-refractivity contribution in [3.63, 3.8) is 0 Å². The molecule has 1 aliphatic heterocycles. The Hall–Kier alpha value is -3.66. The summed E-state index contributed by atoms with van der Waals surface area (Å²) in [5.74, 6) is -3.52. The molecule has 1 fully saturated rings. The Morgan fingerprint density at radius 2 is 1.49 bits per heavy atom. The molecule has 0 saturated carbocycles. The highest BCUT2D eigenvalue weighted by Crippen LogP contribution is 2.12. The molecule has 1 atom stereocenters. The van der Waals surface area contributed by atoms with Gasteiger partial charge in [0, 0.05) is 77.0 Å². The molecule has 1 amide bonds. The van der Waals surface area contributed by atoms with Gasteiger partial charge in [-0.25, -0.2) is 0 Å². The van der Waals surface area contributed by atoms with Crippen molar-refractivity contribution in [1.82, 2.24) is 25.3 Å². The second-order valence-electron chi connectivity index (χ2n) is 9.29. The van der Waals surface area contributed by atoms with Crippen LogP contribution in [0.3, 0.4) is 0 Å². The van der Waals surface area contributed by atoms with Crippen LogP contribution in [-0.2, 0) is 25.6 Å². The summed E-state index contributed by atoms with van der Waals surface area (Å²) in [7, 11) is 0. The molecule has 1 aliphatic rings. The van der Waals surface area contributed by atoms with E-state index in [1.807, 2.05) is 0 Å². The lowest BCUT2D eigenvalue weighted by Gasteiger charge is -2.35. The molecule has 0 spiro atoms. The first kappa shape index (κ1) is 31.6.